The van der Waals surface area contributed by atoms with E-state index >= 15 is 0 Å². The Balaban J connectivity index is 4.91. The van der Waals surface area contributed by atoms with Crippen molar-refractivity contribution in [1.29, 1.82) is 0 Å². The standard InChI is InChI=1S/C21H41NO3/c1-5-8-11-12-13-20(23)18-22(15-9-6-2,16-10-7-3)17-14-19(4)21(24)25/h5,8,19-20,23H,6-7,9-18H2,1-4H3/p+1/b8-5+. The summed E-state index contributed by atoms with van der Waals surface area (Å²) >= 11 is 0. The van der Waals surface area contributed by atoms with Gasteiger partial charge in [0.1, 0.15) is 12.6 Å². The lowest BCUT2D eigenvalue weighted by Crippen LogP contribution is -2.54. The molecule has 0 bridgehead atoms. The van der Waals surface area contributed by atoms with Crippen molar-refractivity contribution in [1.82, 2.24) is 0 Å². The van der Waals surface area contributed by atoms with Gasteiger partial charge < -0.3 is 14.7 Å². The molecule has 0 fully saturated rings. The fourth-order valence-electron chi connectivity index (χ4n) is 3.36. The van der Waals surface area contributed by atoms with Crippen LogP contribution < -0.4 is 0 Å². The summed E-state index contributed by atoms with van der Waals surface area (Å²) in [6.45, 7) is 11.9. The van der Waals surface area contributed by atoms with E-state index in [2.05, 4.69) is 26.0 Å². The molecule has 4 nitrogen and oxygen atoms in total. The summed E-state index contributed by atoms with van der Waals surface area (Å²) in [5.41, 5.74) is 0. The molecule has 0 aliphatic carbocycles. The van der Waals surface area contributed by atoms with Crippen LogP contribution in [0.2, 0.25) is 0 Å². The summed E-state index contributed by atoms with van der Waals surface area (Å²) in [7, 11) is 0. The first-order valence-corrected chi connectivity index (χ1v) is 10.3. The van der Waals surface area contributed by atoms with Crippen molar-refractivity contribution in [2.24, 2.45) is 5.92 Å². The molecule has 0 saturated heterocycles. The van der Waals surface area contributed by atoms with E-state index in [1.165, 1.54) is 0 Å². The molecule has 25 heavy (non-hydrogen) atoms. The first-order chi connectivity index (χ1) is 11.9. The van der Waals surface area contributed by atoms with E-state index in [0.717, 1.165) is 75.6 Å². The molecule has 0 aromatic heterocycles. The van der Waals surface area contributed by atoms with E-state index < -0.39 is 5.97 Å². The predicted octanol–water partition coefficient (Wildman–Crippen LogP) is 4.62. The molecule has 0 spiro atoms. The number of hydrogen-bond donors (Lipinski definition) is 2. The van der Waals surface area contributed by atoms with Gasteiger partial charge in [0.2, 0.25) is 0 Å². The average Bonchev–Trinajstić information content (AvgIpc) is 2.59. The van der Waals surface area contributed by atoms with Crippen LogP contribution in [-0.4, -0.2) is 52.9 Å². The van der Waals surface area contributed by atoms with Gasteiger partial charge in [0.15, 0.2) is 0 Å². The number of rotatable bonds is 16. The second-order valence-electron chi connectivity index (χ2n) is 7.58. The number of allylic oxidation sites excluding steroid dienone is 2. The zero-order valence-corrected chi connectivity index (χ0v) is 17.0. The smallest absolute Gasteiger partial charge is 0.306 e. The maximum atomic E-state index is 11.2. The minimum Gasteiger partial charge on any atom is -0.481 e. The Morgan fingerprint density at radius 2 is 1.64 bits per heavy atom. The van der Waals surface area contributed by atoms with Crippen LogP contribution in [-0.2, 0) is 4.79 Å². The number of aliphatic hydroxyl groups excluding tert-OH is 1. The normalized spacial score (nSPS) is 14.8. The van der Waals surface area contributed by atoms with Gasteiger partial charge in [-0.1, -0.05) is 45.8 Å². The highest BCUT2D eigenvalue weighted by Gasteiger charge is 2.30. The molecule has 148 valence electrons. The molecule has 0 amide bonds. The SMILES string of the molecule is C/C=C/CCCC(O)C[N+](CCCC)(CCCC)CCC(C)C(=O)O. The number of aliphatic hydroxyl groups is 1. The van der Waals surface area contributed by atoms with Gasteiger partial charge in [0.05, 0.1) is 25.6 Å². The van der Waals surface area contributed by atoms with Crippen molar-refractivity contribution in [2.75, 3.05) is 26.2 Å². The van der Waals surface area contributed by atoms with E-state index in [0.29, 0.717) is 6.42 Å². The maximum absolute atomic E-state index is 11.2. The van der Waals surface area contributed by atoms with Crippen molar-refractivity contribution >= 4 is 5.97 Å². The van der Waals surface area contributed by atoms with Crippen LogP contribution in [0.25, 0.3) is 0 Å². The van der Waals surface area contributed by atoms with E-state index in [1.54, 1.807) is 6.92 Å². The molecule has 2 unspecified atom stereocenters. The molecule has 2 N–H and O–H groups in total. The summed E-state index contributed by atoms with van der Waals surface area (Å²) in [6, 6.07) is 0. The molecular weight excluding hydrogens is 314 g/mol. The number of hydrogen-bond acceptors (Lipinski definition) is 2. The number of quaternary nitrogens is 1. The van der Waals surface area contributed by atoms with Crippen molar-refractivity contribution in [2.45, 2.75) is 85.2 Å². The van der Waals surface area contributed by atoms with E-state index in [1.807, 2.05) is 6.92 Å². The molecule has 0 aliphatic rings. The summed E-state index contributed by atoms with van der Waals surface area (Å²) in [4.78, 5) is 11.2. The Bertz CT molecular complexity index is 360. The number of nitrogens with zero attached hydrogens (tertiary/aromatic N) is 1. The summed E-state index contributed by atoms with van der Waals surface area (Å²) in [5, 5.41) is 19.8. The summed E-state index contributed by atoms with van der Waals surface area (Å²) in [5.74, 6) is -1.02. The molecule has 2 atom stereocenters. The Kier molecular flexibility index (Phi) is 13.8. The van der Waals surface area contributed by atoms with Crippen LogP contribution >= 0.6 is 0 Å². The van der Waals surface area contributed by atoms with Gasteiger partial charge >= 0.3 is 5.97 Å². The Morgan fingerprint density at radius 1 is 1.04 bits per heavy atom. The lowest BCUT2D eigenvalue weighted by Gasteiger charge is -2.41. The Hall–Kier alpha value is -0.870. The molecule has 0 aliphatic heterocycles. The number of carboxylic acids is 1. The summed E-state index contributed by atoms with van der Waals surface area (Å²) < 4.78 is 0.879. The van der Waals surface area contributed by atoms with Gasteiger partial charge in [-0.3, -0.25) is 4.79 Å². The van der Waals surface area contributed by atoms with E-state index in [-0.39, 0.29) is 12.0 Å². The predicted molar refractivity (Wildman–Crippen MR) is 106 cm³/mol. The number of carbonyl (C=O) groups is 1. The first kappa shape index (κ1) is 24.1. The van der Waals surface area contributed by atoms with Gasteiger partial charge in [0.25, 0.3) is 0 Å². The Morgan fingerprint density at radius 3 is 2.12 bits per heavy atom. The van der Waals surface area contributed by atoms with Crippen LogP contribution in [0.5, 0.6) is 0 Å². The lowest BCUT2D eigenvalue weighted by molar-refractivity contribution is -0.931. The van der Waals surface area contributed by atoms with Crippen LogP contribution in [0, 0.1) is 5.92 Å². The monoisotopic (exact) mass is 356 g/mol. The van der Waals surface area contributed by atoms with Gasteiger partial charge in [-0.15, -0.1) is 0 Å². The highest BCUT2D eigenvalue weighted by atomic mass is 16.4. The molecule has 0 saturated carbocycles. The summed E-state index contributed by atoms with van der Waals surface area (Å²) in [6.07, 6.45) is 12.0. The minimum absolute atomic E-state index is 0.292. The second kappa shape index (κ2) is 14.3. The third kappa shape index (κ3) is 11.4. The fourth-order valence-corrected chi connectivity index (χ4v) is 3.36. The van der Waals surface area contributed by atoms with E-state index in [4.69, 9.17) is 0 Å². The lowest BCUT2D eigenvalue weighted by atomic mass is 10.0. The number of aliphatic carboxylic acids is 1. The third-order valence-electron chi connectivity index (χ3n) is 5.17. The van der Waals surface area contributed by atoms with Gasteiger partial charge in [-0.2, -0.15) is 0 Å². The quantitative estimate of drug-likeness (QED) is 0.241. The molecule has 0 rings (SSSR count). The van der Waals surface area contributed by atoms with E-state index in [9.17, 15) is 15.0 Å². The van der Waals surface area contributed by atoms with Crippen LogP contribution in [0.4, 0.5) is 0 Å². The Labute approximate surface area is 155 Å². The van der Waals surface area contributed by atoms with Crippen LogP contribution in [0.1, 0.15) is 79.1 Å². The fraction of sp³-hybridized carbons (Fsp3) is 0.857. The first-order valence-electron chi connectivity index (χ1n) is 10.3. The van der Waals surface area contributed by atoms with Gasteiger partial charge in [-0.25, -0.2) is 0 Å². The molecule has 4 heteroatoms. The van der Waals surface area contributed by atoms with Gasteiger partial charge in [0, 0.05) is 6.42 Å². The third-order valence-corrected chi connectivity index (χ3v) is 5.17. The van der Waals surface area contributed by atoms with Crippen molar-refractivity contribution in [3.8, 4) is 0 Å². The van der Waals surface area contributed by atoms with Gasteiger partial charge in [-0.05, 0) is 39.0 Å². The second-order valence-corrected chi connectivity index (χ2v) is 7.58. The number of carboxylic acid groups (broad SMARTS) is 1. The number of unbranched alkanes of at least 4 members (excludes halogenated alkanes) is 3. The molecule has 0 radical (unpaired) electrons. The largest absolute Gasteiger partial charge is 0.481 e. The minimum atomic E-state index is -0.712. The van der Waals surface area contributed by atoms with Crippen LogP contribution in [0.3, 0.4) is 0 Å². The van der Waals surface area contributed by atoms with Crippen molar-refractivity contribution in [3.05, 3.63) is 12.2 Å². The zero-order valence-electron chi connectivity index (χ0n) is 17.0. The maximum Gasteiger partial charge on any atom is 0.306 e. The highest BCUT2D eigenvalue weighted by molar-refractivity contribution is 5.69. The molecule has 0 aromatic rings. The highest BCUT2D eigenvalue weighted by Crippen LogP contribution is 2.19. The molecular formula is C21H42NO3+. The van der Waals surface area contributed by atoms with Crippen molar-refractivity contribution < 1.29 is 19.5 Å². The molecule has 0 aromatic carbocycles. The topological polar surface area (TPSA) is 57.5 Å². The van der Waals surface area contributed by atoms with Crippen LogP contribution in [0.15, 0.2) is 12.2 Å². The van der Waals surface area contributed by atoms with Crippen molar-refractivity contribution in [3.63, 3.8) is 0 Å². The molecule has 0 heterocycles. The zero-order chi connectivity index (χ0) is 19.1. The average molecular weight is 357 g/mol.